The zero-order valence-electron chi connectivity index (χ0n) is 10.6. The van der Waals surface area contributed by atoms with Gasteiger partial charge in [0.2, 0.25) is 0 Å². The smallest absolute Gasteiger partial charge is 0.260 e. The first-order chi connectivity index (χ1) is 8.55. The first-order valence-electron chi connectivity index (χ1n) is 6.29. The molecule has 102 valence electrons. The van der Waals surface area contributed by atoms with Gasteiger partial charge in [-0.15, -0.1) is 0 Å². The van der Waals surface area contributed by atoms with Crippen LogP contribution in [0.1, 0.15) is 31.5 Å². The minimum atomic E-state index is -3.45. The van der Waals surface area contributed by atoms with Gasteiger partial charge in [0.1, 0.15) is 5.82 Å². The summed E-state index contributed by atoms with van der Waals surface area (Å²) in [6.45, 7) is 2.83. The normalized spacial score (nSPS) is 22.2. The molecule has 2 rings (SSSR count). The highest BCUT2D eigenvalue weighted by atomic mass is 32.2. The molecule has 1 aromatic heterocycles. The fraction of sp³-hybridized carbons (Fsp3) is 0.727. The summed E-state index contributed by atoms with van der Waals surface area (Å²) in [6.07, 6.45) is 4.97. The molecule has 1 unspecified atom stereocenters. The Hall–Kier alpha value is -0.920. The minimum Gasteiger partial charge on any atom is -0.332 e. The summed E-state index contributed by atoms with van der Waals surface area (Å²) in [5.41, 5.74) is 5.57. The lowest BCUT2D eigenvalue weighted by molar-refractivity contribution is 0.242. The molecule has 1 saturated heterocycles. The molecule has 1 aromatic rings. The highest BCUT2D eigenvalue weighted by molar-refractivity contribution is 7.89. The molecule has 1 fully saturated rings. The van der Waals surface area contributed by atoms with Crippen LogP contribution in [0, 0.1) is 6.92 Å². The Morgan fingerprint density at radius 1 is 1.56 bits per heavy atom. The minimum absolute atomic E-state index is 0.0253. The van der Waals surface area contributed by atoms with Crippen molar-refractivity contribution in [3.63, 3.8) is 0 Å². The molecule has 1 aliphatic rings. The van der Waals surface area contributed by atoms with Crippen molar-refractivity contribution in [1.29, 1.82) is 0 Å². The van der Waals surface area contributed by atoms with Crippen LogP contribution in [0.25, 0.3) is 0 Å². The van der Waals surface area contributed by atoms with E-state index < -0.39 is 10.0 Å². The quantitative estimate of drug-likeness (QED) is 0.840. The molecule has 7 heteroatoms. The Labute approximate surface area is 108 Å². The van der Waals surface area contributed by atoms with Gasteiger partial charge in [0.25, 0.3) is 10.0 Å². The SMILES string of the molecule is Cc1ncc(S(=O)(=O)N2CCCCC2CCN)[nH]1. The number of hydrogen-bond acceptors (Lipinski definition) is 4. The summed E-state index contributed by atoms with van der Waals surface area (Å²) in [5.74, 6) is 0.612. The van der Waals surface area contributed by atoms with Gasteiger partial charge in [0, 0.05) is 12.6 Å². The van der Waals surface area contributed by atoms with E-state index in [0.29, 0.717) is 25.3 Å². The molecule has 0 amide bonds. The van der Waals surface area contributed by atoms with E-state index in [2.05, 4.69) is 9.97 Å². The number of nitrogens with zero attached hydrogens (tertiary/aromatic N) is 2. The van der Waals surface area contributed by atoms with Crippen molar-refractivity contribution in [1.82, 2.24) is 14.3 Å². The van der Waals surface area contributed by atoms with Crippen molar-refractivity contribution < 1.29 is 8.42 Å². The van der Waals surface area contributed by atoms with Gasteiger partial charge in [0.05, 0.1) is 6.20 Å². The Bertz CT molecular complexity index is 495. The number of hydrogen-bond donors (Lipinski definition) is 2. The number of aryl methyl sites for hydroxylation is 1. The van der Waals surface area contributed by atoms with Crippen LogP contribution in [0.3, 0.4) is 0 Å². The van der Waals surface area contributed by atoms with Gasteiger partial charge in [-0.3, -0.25) is 0 Å². The standard InChI is InChI=1S/C11H20N4O2S/c1-9-13-8-11(14-9)18(16,17)15-7-3-2-4-10(15)5-6-12/h8,10H,2-7,12H2,1H3,(H,13,14). The van der Waals surface area contributed by atoms with Gasteiger partial charge in [-0.25, -0.2) is 13.4 Å². The summed E-state index contributed by atoms with van der Waals surface area (Å²) >= 11 is 0. The molecule has 0 aliphatic carbocycles. The van der Waals surface area contributed by atoms with Gasteiger partial charge >= 0.3 is 0 Å². The number of aromatic nitrogens is 2. The summed E-state index contributed by atoms with van der Waals surface area (Å²) in [4.78, 5) is 6.77. The van der Waals surface area contributed by atoms with Gasteiger partial charge in [-0.05, 0) is 32.7 Å². The van der Waals surface area contributed by atoms with E-state index in [4.69, 9.17) is 5.73 Å². The molecule has 1 aliphatic heterocycles. The lowest BCUT2D eigenvalue weighted by Crippen LogP contribution is -2.44. The maximum Gasteiger partial charge on any atom is 0.260 e. The Balaban J connectivity index is 2.27. The van der Waals surface area contributed by atoms with Crippen LogP contribution in [-0.2, 0) is 10.0 Å². The van der Waals surface area contributed by atoms with E-state index in [9.17, 15) is 8.42 Å². The second-order valence-corrected chi connectivity index (χ2v) is 6.53. The van der Waals surface area contributed by atoms with Crippen molar-refractivity contribution in [2.75, 3.05) is 13.1 Å². The van der Waals surface area contributed by atoms with Crippen molar-refractivity contribution >= 4 is 10.0 Å². The van der Waals surface area contributed by atoms with Crippen molar-refractivity contribution in [2.24, 2.45) is 5.73 Å². The second kappa shape index (κ2) is 5.38. The zero-order valence-corrected chi connectivity index (χ0v) is 11.4. The molecule has 0 saturated carbocycles. The van der Waals surface area contributed by atoms with Crippen molar-refractivity contribution in [3.8, 4) is 0 Å². The van der Waals surface area contributed by atoms with Gasteiger partial charge in [-0.2, -0.15) is 4.31 Å². The predicted octanol–water partition coefficient (Wildman–Crippen LogP) is 0.610. The van der Waals surface area contributed by atoms with Crippen LogP contribution in [0.4, 0.5) is 0 Å². The third-order valence-corrected chi connectivity index (χ3v) is 5.20. The second-order valence-electron chi connectivity index (χ2n) is 4.68. The largest absolute Gasteiger partial charge is 0.332 e. The van der Waals surface area contributed by atoms with E-state index in [-0.39, 0.29) is 11.1 Å². The number of sulfonamides is 1. The fourth-order valence-electron chi connectivity index (χ4n) is 2.43. The van der Waals surface area contributed by atoms with Gasteiger partial charge in [0.15, 0.2) is 5.03 Å². The van der Waals surface area contributed by atoms with Gasteiger partial charge in [-0.1, -0.05) is 6.42 Å². The van der Waals surface area contributed by atoms with Crippen molar-refractivity contribution in [2.45, 2.75) is 43.7 Å². The Morgan fingerprint density at radius 2 is 2.33 bits per heavy atom. The number of nitrogens with one attached hydrogen (secondary N) is 1. The Kier molecular flexibility index (Phi) is 4.04. The highest BCUT2D eigenvalue weighted by Gasteiger charge is 2.33. The van der Waals surface area contributed by atoms with Crippen LogP contribution < -0.4 is 5.73 Å². The maximum absolute atomic E-state index is 12.5. The average Bonchev–Trinajstić information content (AvgIpc) is 2.78. The molecule has 0 aromatic carbocycles. The molecule has 0 spiro atoms. The van der Waals surface area contributed by atoms with Crippen LogP contribution in [-0.4, -0.2) is 41.8 Å². The molecule has 3 N–H and O–H groups in total. The third kappa shape index (κ3) is 2.57. The van der Waals surface area contributed by atoms with E-state index in [1.807, 2.05) is 0 Å². The number of H-pyrrole nitrogens is 1. The fourth-order valence-corrected chi connectivity index (χ4v) is 4.12. The monoisotopic (exact) mass is 272 g/mol. The predicted molar refractivity (Wildman–Crippen MR) is 68.5 cm³/mol. The lowest BCUT2D eigenvalue weighted by atomic mass is 10.0. The Morgan fingerprint density at radius 3 is 2.94 bits per heavy atom. The van der Waals surface area contributed by atoms with Crippen LogP contribution in [0.5, 0.6) is 0 Å². The van der Waals surface area contributed by atoms with Crippen LogP contribution in [0.15, 0.2) is 11.2 Å². The molecule has 1 atom stereocenters. The molecule has 6 nitrogen and oxygen atoms in total. The van der Waals surface area contributed by atoms with Crippen molar-refractivity contribution in [3.05, 3.63) is 12.0 Å². The van der Waals surface area contributed by atoms with E-state index >= 15 is 0 Å². The molecule has 2 heterocycles. The number of piperidine rings is 1. The van der Waals surface area contributed by atoms with E-state index in [1.54, 1.807) is 11.2 Å². The van der Waals surface area contributed by atoms with Gasteiger partial charge < -0.3 is 10.7 Å². The van der Waals surface area contributed by atoms with E-state index in [1.165, 1.54) is 6.20 Å². The molecular formula is C11H20N4O2S. The highest BCUT2D eigenvalue weighted by Crippen LogP contribution is 2.25. The third-order valence-electron chi connectivity index (χ3n) is 3.34. The summed E-state index contributed by atoms with van der Waals surface area (Å²) in [7, 11) is -3.45. The van der Waals surface area contributed by atoms with E-state index in [0.717, 1.165) is 19.3 Å². The molecule has 18 heavy (non-hydrogen) atoms. The summed E-state index contributed by atoms with van der Waals surface area (Å²) < 4.78 is 26.6. The first-order valence-corrected chi connectivity index (χ1v) is 7.73. The number of nitrogens with two attached hydrogens (primary N) is 1. The molecule has 0 bridgehead atoms. The summed E-state index contributed by atoms with van der Waals surface area (Å²) in [6, 6.07) is 0.0253. The van der Waals surface area contributed by atoms with Crippen LogP contribution >= 0.6 is 0 Å². The molecule has 0 radical (unpaired) electrons. The zero-order chi connectivity index (χ0) is 13.2. The maximum atomic E-state index is 12.5. The topological polar surface area (TPSA) is 92.1 Å². The lowest BCUT2D eigenvalue weighted by Gasteiger charge is -2.34. The average molecular weight is 272 g/mol. The molecular weight excluding hydrogens is 252 g/mol. The van der Waals surface area contributed by atoms with Crippen LogP contribution in [0.2, 0.25) is 0 Å². The summed E-state index contributed by atoms with van der Waals surface area (Å²) in [5, 5.41) is 0.184. The number of aromatic amines is 1. The number of rotatable bonds is 4. The first kappa shape index (κ1) is 13.5. The number of imidazole rings is 1.